The van der Waals surface area contributed by atoms with Crippen LogP contribution in [-0.2, 0) is 9.53 Å². The zero-order chi connectivity index (χ0) is 14.5. The van der Waals surface area contributed by atoms with Crippen LogP contribution in [0.25, 0.3) is 0 Å². The molecule has 3 N–H and O–H groups in total. The number of primary amides is 1. The van der Waals surface area contributed by atoms with Gasteiger partial charge >= 0.3 is 5.97 Å². The predicted octanol–water partition coefficient (Wildman–Crippen LogP) is -0.478. The molecule has 0 bridgehead atoms. The number of rotatable bonds is 4. The number of hydrogen-bond acceptors (Lipinski definition) is 6. The van der Waals surface area contributed by atoms with Crippen molar-refractivity contribution in [3.05, 3.63) is 23.9 Å². The monoisotopic (exact) mass is 278 g/mol. The summed E-state index contributed by atoms with van der Waals surface area (Å²) in [6, 6.07) is 2.91. The summed E-state index contributed by atoms with van der Waals surface area (Å²) in [5.74, 6) is -0.171. The molecular weight excluding hydrogens is 260 g/mol. The molecule has 1 aromatic heterocycles. The van der Waals surface area contributed by atoms with Crippen LogP contribution in [-0.4, -0.2) is 49.1 Å². The molecule has 1 saturated heterocycles. The van der Waals surface area contributed by atoms with Gasteiger partial charge in [-0.15, -0.1) is 0 Å². The highest BCUT2D eigenvalue weighted by Crippen LogP contribution is 2.16. The van der Waals surface area contributed by atoms with E-state index in [1.807, 2.05) is 4.90 Å². The number of nitrogens with two attached hydrogens (primary N) is 1. The van der Waals surface area contributed by atoms with E-state index in [1.54, 1.807) is 19.1 Å². The van der Waals surface area contributed by atoms with Crippen molar-refractivity contribution < 1.29 is 14.3 Å². The number of ether oxygens (including phenoxy) is 1. The number of hydrogen-bond donors (Lipinski definition) is 2. The Kier molecular flexibility index (Phi) is 4.52. The molecule has 0 radical (unpaired) electrons. The van der Waals surface area contributed by atoms with Gasteiger partial charge in [0.2, 0.25) is 5.91 Å². The van der Waals surface area contributed by atoms with Crippen molar-refractivity contribution in [1.29, 1.82) is 0 Å². The number of nitrogens with zero attached hydrogens (tertiary/aromatic N) is 2. The first-order valence-electron chi connectivity index (χ1n) is 6.53. The number of carbonyl (C=O) groups is 2. The Morgan fingerprint density at radius 2 is 2.35 bits per heavy atom. The van der Waals surface area contributed by atoms with Gasteiger partial charge in [0.1, 0.15) is 11.9 Å². The second-order valence-corrected chi connectivity index (χ2v) is 4.44. The minimum absolute atomic E-state index is 0.322. The Labute approximate surface area is 117 Å². The van der Waals surface area contributed by atoms with Gasteiger partial charge in [0, 0.05) is 25.8 Å². The minimum Gasteiger partial charge on any atom is -0.462 e. The van der Waals surface area contributed by atoms with Gasteiger partial charge in [-0.25, -0.2) is 9.78 Å². The Balaban J connectivity index is 2.15. The summed E-state index contributed by atoms with van der Waals surface area (Å²) in [6.45, 7) is 3.96. The fourth-order valence-electron chi connectivity index (χ4n) is 2.12. The van der Waals surface area contributed by atoms with Crippen molar-refractivity contribution in [2.75, 3.05) is 31.1 Å². The van der Waals surface area contributed by atoms with Crippen molar-refractivity contribution in [3.63, 3.8) is 0 Å². The van der Waals surface area contributed by atoms with Crippen LogP contribution < -0.4 is 16.0 Å². The molecule has 2 heterocycles. The van der Waals surface area contributed by atoms with Gasteiger partial charge in [-0.1, -0.05) is 0 Å². The van der Waals surface area contributed by atoms with E-state index in [1.165, 1.54) is 6.20 Å². The van der Waals surface area contributed by atoms with Crippen LogP contribution in [0.2, 0.25) is 0 Å². The van der Waals surface area contributed by atoms with E-state index >= 15 is 0 Å². The summed E-state index contributed by atoms with van der Waals surface area (Å²) < 4.78 is 4.90. The van der Waals surface area contributed by atoms with Crippen LogP contribution in [0, 0.1) is 0 Å². The predicted molar refractivity (Wildman–Crippen MR) is 73.4 cm³/mol. The molecule has 0 aliphatic carbocycles. The Morgan fingerprint density at radius 1 is 1.55 bits per heavy atom. The van der Waals surface area contributed by atoms with Crippen LogP contribution >= 0.6 is 0 Å². The van der Waals surface area contributed by atoms with Crippen molar-refractivity contribution >= 4 is 17.7 Å². The van der Waals surface area contributed by atoms with E-state index in [-0.39, 0.29) is 0 Å². The molecule has 1 amide bonds. The molecule has 7 nitrogen and oxygen atoms in total. The fourth-order valence-corrected chi connectivity index (χ4v) is 2.12. The van der Waals surface area contributed by atoms with E-state index in [2.05, 4.69) is 10.3 Å². The highest BCUT2D eigenvalue weighted by Gasteiger charge is 2.27. The SMILES string of the molecule is CCOC(=O)c1ccc(N2CCNCC2C(N)=O)nc1. The number of carbonyl (C=O) groups excluding carboxylic acids is 2. The van der Waals surface area contributed by atoms with Crippen LogP contribution in [0.4, 0.5) is 5.82 Å². The molecule has 108 valence electrons. The molecule has 1 aliphatic heterocycles. The molecule has 1 unspecified atom stereocenters. The molecule has 1 aromatic rings. The third-order valence-corrected chi connectivity index (χ3v) is 3.13. The van der Waals surface area contributed by atoms with E-state index in [9.17, 15) is 9.59 Å². The van der Waals surface area contributed by atoms with Crippen LogP contribution in [0.15, 0.2) is 18.3 Å². The lowest BCUT2D eigenvalue weighted by Gasteiger charge is -2.35. The van der Waals surface area contributed by atoms with Gasteiger partial charge in [-0.3, -0.25) is 4.79 Å². The van der Waals surface area contributed by atoms with E-state index < -0.39 is 17.9 Å². The molecule has 0 spiro atoms. The maximum Gasteiger partial charge on any atom is 0.339 e. The number of anilines is 1. The van der Waals surface area contributed by atoms with Gasteiger partial charge in [-0.2, -0.15) is 0 Å². The smallest absolute Gasteiger partial charge is 0.339 e. The molecule has 1 aliphatic rings. The molecule has 0 aromatic carbocycles. The van der Waals surface area contributed by atoms with Gasteiger partial charge in [0.05, 0.1) is 12.2 Å². The normalized spacial score (nSPS) is 18.6. The second-order valence-electron chi connectivity index (χ2n) is 4.44. The van der Waals surface area contributed by atoms with Gasteiger partial charge in [0.25, 0.3) is 0 Å². The molecule has 1 atom stereocenters. The van der Waals surface area contributed by atoms with Gasteiger partial charge < -0.3 is 20.7 Å². The molecule has 7 heteroatoms. The van der Waals surface area contributed by atoms with Crippen LogP contribution in [0.1, 0.15) is 17.3 Å². The molecule has 2 rings (SSSR count). The lowest BCUT2D eigenvalue weighted by Crippen LogP contribution is -2.57. The summed E-state index contributed by atoms with van der Waals surface area (Å²) >= 11 is 0. The topological polar surface area (TPSA) is 97.5 Å². The van der Waals surface area contributed by atoms with Crippen molar-refractivity contribution in [3.8, 4) is 0 Å². The molecule has 20 heavy (non-hydrogen) atoms. The first-order valence-corrected chi connectivity index (χ1v) is 6.53. The standard InChI is InChI=1S/C13H18N4O3/c1-2-20-13(19)9-3-4-11(16-7-9)17-6-5-15-8-10(17)12(14)18/h3-4,7,10,15H,2,5-6,8H2,1H3,(H2,14,18). The van der Waals surface area contributed by atoms with E-state index in [4.69, 9.17) is 10.5 Å². The summed E-state index contributed by atoms with van der Waals surface area (Å²) in [7, 11) is 0. The first kappa shape index (κ1) is 14.3. The molecule has 0 saturated carbocycles. The van der Waals surface area contributed by atoms with Crippen molar-refractivity contribution in [1.82, 2.24) is 10.3 Å². The highest BCUT2D eigenvalue weighted by atomic mass is 16.5. The van der Waals surface area contributed by atoms with Crippen LogP contribution in [0.3, 0.4) is 0 Å². The maximum atomic E-state index is 11.5. The molecule has 1 fully saturated rings. The lowest BCUT2D eigenvalue weighted by molar-refractivity contribution is -0.119. The summed E-state index contributed by atoms with van der Waals surface area (Å²) in [5.41, 5.74) is 5.78. The second kappa shape index (κ2) is 6.33. The van der Waals surface area contributed by atoms with Gasteiger partial charge in [-0.05, 0) is 19.1 Å². The third kappa shape index (κ3) is 3.05. The largest absolute Gasteiger partial charge is 0.462 e. The fraction of sp³-hybridized carbons (Fsp3) is 0.462. The summed E-state index contributed by atoms with van der Waals surface area (Å²) in [4.78, 5) is 29.1. The number of piperazine rings is 1. The number of nitrogens with one attached hydrogen (secondary N) is 1. The number of aromatic nitrogens is 1. The number of amides is 1. The Morgan fingerprint density at radius 3 is 2.95 bits per heavy atom. The average molecular weight is 278 g/mol. The zero-order valence-electron chi connectivity index (χ0n) is 11.3. The van der Waals surface area contributed by atoms with E-state index in [0.29, 0.717) is 31.1 Å². The Hall–Kier alpha value is -2.15. The first-order chi connectivity index (χ1) is 9.63. The van der Waals surface area contributed by atoms with Crippen molar-refractivity contribution in [2.45, 2.75) is 13.0 Å². The van der Waals surface area contributed by atoms with Crippen LogP contribution in [0.5, 0.6) is 0 Å². The molecular formula is C13H18N4O3. The maximum absolute atomic E-state index is 11.5. The zero-order valence-corrected chi connectivity index (χ0v) is 11.3. The third-order valence-electron chi connectivity index (χ3n) is 3.13. The van der Waals surface area contributed by atoms with Gasteiger partial charge in [0.15, 0.2) is 0 Å². The summed E-state index contributed by atoms with van der Waals surface area (Å²) in [6.07, 6.45) is 1.45. The number of esters is 1. The van der Waals surface area contributed by atoms with Crippen molar-refractivity contribution in [2.24, 2.45) is 5.73 Å². The van der Waals surface area contributed by atoms with E-state index in [0.717, 1.165) is 6.54 Å². The Bertz CT molecular complexity index is 489. The quantitative estimate of drug-likeness (QED) is 0.722. The lowest BCUT2D eigenvalue weighted by atomic mass is 10.1. The average Bonchev–Trinajstić information content (AvgIpc) is 2.47. The number of pyridine rings is 1. The minimum atomic E-state index is -0.426. The highest BCUT2D eigenvalue weighted by molar-refractivity contribution is 5.89. The summed E-state index contributed by atoms with van der Waals surface area (Å²) in [5, 5.41) is 3.12.